The molecule has 1 aromatic carbocycles. The predicted octanol–water partition coefficient (Wildman–Crippen LogP) is 1.43. The number of carbonyl (C=O) groups excluding carboxylic acids is 2. The largest absolute Gasteiger partial charge is 0.393 e. The topological polar surface area (TPSA) is 78.4 Å². The van der Waals surface area contributed by atoms with Crippen LogP contribution in [0.25, 0.3) is 0 Å². The third kappa shape index (κ3) is 4.53. The number of hydrogen-bond donors (Lipinski definition) is 3. The molecule has 0 bridgehead atoms. The van der Waals surface area contributed by atoms with Gasteiger partial charge < -0.3 is 15.7 Å². The molecule has 6 heteroatoms. The van der Waals surface area contributed by atoms with E-state index in [1.807, 2.05) is 0 Å². The van der Waals surface area contributed by atoms with Crippen LogP contribution in [0.5, 0.6) is 0 Å². The summed E-state index contributed by atoms with van der Waals surface area (Å²) in [4.78, 5) is 23.4. The number of rotatable bonds is 3. The van der Waals surface area contributed by atoms with Crippen LogP contribution in [0.3, 0.4) is 0 Å². The maximum atomic E-state index is 12.7. The van der Waals surface area contributed by atoms with Crippen LogP contribution in [0.15, 0.2) is 24.3 Å². The van der Waals surface area contributed by atoms with Crippen LogP contribution in [0.2, 0.25) is 0 Å². The first-order valence-corrected chi connectivity index (χ1v) is 7.09. The highest BCUT2D eigenvalue weighted by molar-refractivity contribution is 6.39. The zero-order valence-electron chi connectivity index (χ0n) is 11.6. The van der Waals surface area contributed by atoms with E-state index in [0.29, 0.717) is 5.69 Å². The Balaban J connectivity index is 1.79. The van der Waals surface area contributed by atoms with Gasteiger partial charge in [-0.25, -0.2) is 4.39 Å². The highest BCUT2D eigenvalue weighted by Gasteiger charge is 2.24. The standard InChI is InChI=1S/C15H19FN2O3/c16-11-5-7-12(8-6-11)18-15(21)14(20)17-9-10-3-1-2-4-13(10)19/h5-8,10,13,19H,1-4,9H2,(H,17,20)(H,18,21)/t10-,13+/m1/s1. The summed E-state index contributed by atoms with van der Waals surface area (Å²) in [5.41, 5.74) is 0.356. The summed E-state index contributed by atoms with van der Waals surface area (Å²) in [6.07, 6.45) is 3.19. The number of carbonyl (C=O) groups is 2. The van der Waals surface area contributed by atoms with Gasteiger partial charge in [-0.2, -0.15) is 0 Å². The van der Waals surface area contributed by atoms with Crippen molar-refractivity contribution < 1.29 is 19.1 Å². The maximum absolute atomic E-state index is 12.7. The van der Waals surface area contributed by atoms with Crippen molar-refractivity contribution in [1.82, 2.24) is 5.32 Å². The van der Waals surface area contributed by atoms with E-state index in [0.717, 1.165) is 25.7 Å². The van der Waals surface area contributed by atoms with Crippen LogP contribution in [0.4, 0.5) is 10.1 Å². The van der Waals surface area contributed by atoms with Crippen molar-refractivity contribution in [2.75, 3.05) is 11.9 Å². The molecule has 0 saturated heterocycles. The number of aliphatic hydroxyl groups excluding tert-OH is 1. The van der Waals surface area contributed by atoms with E-state index in [4.69, 9.17) is 0 Å². The molecule has 21 heavy (non-hydrogen) atoms. The minimum Gasteiger partial charge on any atom is -0.393 e. The molecule has 1 fully saturated rings. The molecule has 1 aliphatic rings. The number of anilines is 1. The Morgan fingerprint density at radius 2 is 1.81 bits per heavy atom. The number of nitrogens with one attached hydrogen (secondary N) is 2. The van der Waals surface area contributed by atoms with Crippen molar-refractivity contribution >= 4 is 17.5 Å². The van der Waals surface area contributed by atoms with Crippen molar-refractivity contribution in [3.63, 3.8) is 0 Å². The molecule has 1 aliphatic carbocycles. The minimum atomic E-state index is -0.799. The SMILES string of the molecule is O=C(NC[C@H]1CCCC[C@@H]1O)C(=O)Nc1ccc(F)cc1. The summed E-state index contributed by atoms with van der Waals surface area (Å²) in [6.45, 7) is 0.289. The molecular formula is C15H19FN2O3. The quantitative estimate of drug-likeness (QED) is 0.738. The van der Waals surface area contributed by atoms with E-state index < -0.39 is 23.7 Å². The summed E-state index contributed by atoms with van der Waals surface area (Å²) >= 11 is 0. The lowest BCUT2D eigenvalue weighted by Crippen LogP contribution is -2.41. The van der Waals surface area contributed by atoms with Gasteiger partial charge in [-0.3, -0.25) is 9.59 Å². The third-order valence-electron chi connectivity index (χ3n) is 3.70. The molecule has 2 rings (SSSR count). The van der Waals surface area contributed by atoms with Gasteiger partial charge in [0.05, 0.1) is 6.10 Å². The Labute approximate surface area is 122 Å². The fraction of sp³-hybridized carbons (Fsp3) is 0.467. The first-order chi connectivity index (χ1) is 10.1. The van der Waals surface area contributed by atoms with E-state index in [-0.39, 0.29) is 12.5 Å². The summed E-state index contributed by atoms with van der Waals surface area (Å²) in [7, 11) is 0. The molecule has 0 spiro atoms. The number of hydrogen-bond acceptors (Lipinski definition) is 3. The molecule has 0 aromatic heterocycles. The van der Waals surface area contributed by atoms with Gasteiger partial charge in [0.25, 0.3) is 0 Å². The third-order valence-corrected chi connectivity index (χ3v) is 3.70. The molecule has 2 amide bonds. The maximum Gasteiger partial charge on any atom is 0.313 e. The zero-order chi connectivity index (χ0) is 15.2. The molecular weight excluding hydrogens is 275 g/mol. The van der Waals surface area contributed by atoms with E-state index in [1.165, 1.54) is 24.3 Å². The monoisotopic (exact) mass is 294 g/mol. The van der Waals surface area contributed by atoms with Gasteiger partial charge in [0.15, 0.2) is 0 Å². The summed E-state index contributed by atoms with van der Waals surface area (Å²) in [5.74, 6) is -1.96. The summed E-state index contributed by atoms with van der Waals surface area (Å²) in [6, 6.07) is 5.16. The van der Waals surface area contributed by atoms with Crippen molar-refractivity contribution in [2.45, 2.75) is 31.8 Å². The second-order valence-corrected chi connectivity index (χ2v) is 5.28. The van der Waals surface area contributed by atoms with E-state index in [9.17, 15) is 19.1 Å². The van der Waals surface area contributed by atoms with Gasteiger partial charge in [0.1, 0.15) is 5.82 Å². The normalized spacial score (nSPS) is 21.6. The van der Waals surface area contributed by atoms with Crippen LogP contribution in [-0.4, -0.2) is 29.6 Å². The van der Waals surface area contributed by atoms with Gasteiger partial charge in [-0.15, -0.1) is 0 Å². The molecule has 0 radical (unpaired) electrons. The smallest absolute Gasteiger partial charge is 0.313 e. The highest BCUT2D eigenvalue weighted by Crippen LogP contribution is 2.23. The van der Waals surface area contributed by atoms with Crippen LogP contribution in [-0.2, 0) is 9.59 Å². The fourth-order valence-corrected chi connectivity index (χ4v) is 2.45. The van der Waals surface area contributed by atoms with Crippen molar-refractivity contribution in [3.05, 3.63) is 30.1 Å². The predicted molar refractivity (Wildman–Crippen MR) is 76.0 cm³/mol. The molecule has 114 valence electrons. The van der Waals surface area contributed by atoms with Crippen molar-refractivity contribution in [2.24, 2.45) is 5.92 Å². The summed E-state index contributed by atoms with van der Waals surface area (Å²) < 4.78 is 12.7. The Morgan fingerprint density at radius 3 is 2.48 bits per heavy atom. The molecule has 3 N–H and O–H groups in total. The molecule has 2 atom stereocenters. The number of aliphatic hydroxyl groups is 1. The van der Waals surface area contributed by atoms with Crippen LogP contribution >= 0.6 is 0 Å². The van der Waals surface area contributed by atoms with E-state index in [1.54, 1.807) is 0 Å². The minimum absolute atomic E-state index is 0.00122. The lowest BCUT2D eigenvalue weighted by molar-refractivity contribution is -0.136. The molecule has 1 aromatic rings. The molecule has 1 saturated carbocycles. The second-order valence-electron chi connectivity index (χ2n) is 5.28. The average molecular weight is 294 g/mol. The highest BCUT2D eigenvalue weighted by atomic mass is 19.1. The van der Waals surface area contributed by atoms with Crippen LogP contribution in [0.1, 0.15) is 25.7 Å². The average Bonchev–Trinajstić information content (AvgIpc) is 2.48. The molecule has 5 nitrogen and oxygen atoms in total. The number of halogens is 1. The first-order valence-electron chi connectivity index (χ1n) is 7.09. The lowest BCUT2D eigenvalue weighted by atomic mass is 9.86. The molecule has 0 unspecified atom stereocenters. The van der Waals surface area contributed by atoms with Gasteiger partial charge in [0, 0.05) is 18.2 Å². The van der Waals surface area contributed by atoms with E-state index >= 15 is 0 Å². The molecule has 0 aliphatic heterocycles. The van der Waals surface area contributed by atoms with Crippen LogP contribution < -0.4 is 10.6 Å². The second kappa shape index (κ2) is 7.17. The van der Waals surface area contributed by atoms with Gasteiger partial charge in [-0.1, -0.05) is 12.8 Å². The Morgan fingerprint density at radius 1 is 1.14 bits per heavy atom. The molecule has 0 heterocycles. The fourth-order valence-electron chi connectivity index (χ4n) is 2.45. The van der Waals surface area contributed by atoms with E-state index in [2.05, 4.69) is 10.6 Å². The Kier molecular flexibility index (Phi) is 5.27. The van der Waals surface area contributed by atoms with Gasteiger partial charge in [-0.05, 0) is 37.1 Å². The van der Waals surface area contributed by atoms with Crippen LogP contribution in [0, 0.1) is 11.7 Å². The van der Waals surface area contributed by atoms with Gasteiger partial charge >= 0.3 is 11.8 Å². The van der Waals surface area contributed by atoms with Crippen molar-refractivity contribution in [1.29, 1.82) is 0 Å². The summed E-state index contributed by atoms with van der Waals surface area (Å²) in [5, 5.41) is 14.7. The lowest BCUT2D eigenvalue weighted by Gasteiger charge is -2.27. The van der Waals surface area contributed by atoms with Gasteiger partial charge in [0.2, 0.25) is 0 Å². The Bertz CT molecular complexity index is 504. The first kappa shape index (κ1) is 15.4. The Hall–Kier alpha value is -1.95. The number of benzene rings is 1. The van der Waals surface area contributed by atoms with Crippen molar-refractivity contribution in [3.8, 4) is 0 Å². The zero-order valence-corrected chi connectivity index (χ0v) is 11.6. The number of amides is 2.